The third-order valence-electron chi connectivity index (χ3n) is 3.89. The highest BCUT2D eigenvalue weighted by molar-refractivity contribution is 7.10. The van der Waals surface area contributed by atoms with Crippen LogP contribution in [0.3, 0.4) is 0 Å². The van der Waals surface area contributed by atoms with E-state index < -0.39 is 0 Å². The number of nitrogens with zero attached hydrogens (tertiary/aromatic N) is 3. The van der Waals surface area contributed by atoms with Gasteiger partial charge in [-0.15, -0.1) is 11.3 Å². The van der Waals surface area contributed by atoms with Crippen LogP contribution in [0.4, 0.5) is 0 Å². The highest BCUT2D eigenvalue weighted by atomic mass is 32.1. The molecule has 0 atom stereocenters. The van der Waals surface area contributed by atoms with Gasteiger partial charge in [-0.1, -0.05) is 0 Å². The van der Waals surface area contributed by atoms with E-state index in [-0.39, 0.29) is 5.54 Å². The van der Waals surface area contributed by atoms with E-state index >= 15 is 0 Å². The number of nitrogens with one attached hydrogen (secondary N) is 1. The van der Waals surface area contributed by atoms with Gasteiger partial charge in [0.15, 0.2) is 0 Å². The molecular weight excluding hydrogens is 268 g/mol. The highest BCUT2D eigenvalue weighted by Gasteiger charge is 2.32. The van der Waals surface area contributed by atoms with Gasteiger partial charge in [-0.25, -0.2) is 4.98 Å². The first kappa shape index (κ1) is 13.7. The van der Waals surface area contributed by atoms with Crippen molar-refractivity contribution < 1.29 is 0 Å². The summed E-state index contributed by atoms with van der Waals surface area (Å²) in [6.45, 7) is 8.81. The number of piperazine rings is 1. The van der Waals surface area contributed by atoms with Gasteiger partial charge in [0.05, 0.1) is 11.2 Å². The van der Waals surface area contributed by atoms with Crippen LogP contribution in [0.2, 0.25) is 0 Å². The lowest BCUT2D eigenvalue weighted by molar-refractivity contribution is 0.102. The molecule has 2 aromatic rings. The molecule has 3 heterocycles. The molecule has 1 saturated heterocycles. The van der Waals surface area contributed by atoms with E-state index in [1.165, 1.54) is 5.01 Å². The predicted octanol–water partition coefficient (Wildman–Crippen LogP) is 2.35. The van der Waals surface area contributed by atoms with Gasteiger partial charge in [0, 0.05) is 49.5 Å². The van der Waals surface area contributed by atoms with Crippen molar-refractivity contribution in [2.24, 2.45) is 0 Å². The molecule has 1 aliphatic heterocycles. The molecule has 0 aromatic carbocycles. The summed E-state index contributed by atoms with van der Waals surface area (Å²) in [5.41, 5.74) is 2.11. The van der Waals surface area contributed by atoms with E-state index in [4.69, 9.17) is 4.98 Å². The number of hydrogen-bond donors (Lipinski definition) is 1. The van der Waals surface area contributed by atoms with E-state index in [2.05, 4.69) is 40.5 Å². The van der Waals surface area contributed by atoms with E-state index in [1.54, 1.807) is 17.5 Å². The Labute approximate surface area is 123 Å². The fraction of sp³-hybridized carbons (Fsp3) is 0.467. The molecule has 0 saturated carbocycles. The van der Waals surface area contributed by atoms with E-state index in [9.17, 15) is 0 Å². The molecular formula is C15H20N4S. The Bertz CT molecular complexity index is 558. The van der Waals surface area contributed by atoms with Crippen LogP contribution in [0.25, 0.3) is 11.3 Å². The zero-order chi connectivity index (χ0) is 14.0. The standard InChI is InChI=1S/C15H20N4S/c1-15(2,19-8-6-16-7-9-19)14-18-13(11-20-14)12-4-3-5-17-10-12/h3-5,10-11,16H,6-9H2,1-2H3. The zero-order valence-electron chi connectivity index (χ0n) is 12.0. The summed E-state index contributed by atoms with van der Waals surface area (Å²) in [5.74, 6) is 0. The van der Waals surface area contributed by atoms with Crippen LogP contribution in [0.5, 0.6) is 0 Å². The molecule has 0 amide bonds. The van der Waals surface area contributed by atoms with Crippen LogP contribution >= 0.6 is 11.3 Å². The number of pyridine rings is 1. The Hall–Kier alpha value is -1.30. The van der Waals surface area contributed by atoms with Gasteiger partial charge < -0.3 is 5.32 Å². The van der Waals surface area contributed by atoms with Gasteiger partial charge in [0.1, 0.15) is 5.01 Å². The summed E-state index contributed by atoms with van der Waals surface area (Å²) < 4.78 is 0. The van der Waals surface area contributed by atoms with Crippen molar-refractivity contribution >= 4 is 11.3 Å². The minimum Gasteiger partial charge on any atom is -0.314 e. The monoisotopic (exact) mass is 288 g/mol. The van der Waals surface area contributed by atoms with Gasteiger partial charge in [-0.2, -0.15) is 0 Å². The average Bonchev–Trinajstić information content (AvgIpc) is 3.00. The molecule has 0 aliphatic carbocycles. The van der Waals surface area contributed by atoms with Crippen molar-refractivity contribution in [1.29, 1.82) is 0 Å². The molecule has 3 rings (SSSR count). The van der Waals surface area contributed by atoms with Crippen molar-refractivity contribution in [3.8, 4) is 11.3 Å². The minimum atomic E-state index is -0.00672. The van der Waals surface area contributed by atoms with E-state index in [0.29, 0.717) is 0 Å². The Balaban J connectivity index is 1.85. The molecule has 0 unspecified atom stereocenters. The van der Waals surface area contributed by atoms with Crippen molar-refractivity contribution in [2.45, 2.75) is 19.4 Å². The maximum atomic E-state index is 4.84. The Morgan fingerprint density at radius 3 is 2.80 bits per heavy atom. The summed E-state index contributed by atoms with van der Waals surface area (Å²) in [6.07, 6.45) is 3.66. The van der Waals surface area contributed by atoms with Crippen molar-refractivity contribution in [3.63, 3.8) is 0 Å². The lowest BCUT2D eigenvalue weighted by Gasteiger charge is -2.39. The van der Waals surface area contributed by atoms with Crippen molar-refractivity contribution in [2.75, 3.05) is 26.2 Å². The normalized spacial score (nSPS) is 17.3. The van der Waals surface area contributed by atoms with Gasteiger partial charge in [-0.3, -0.25) is 9.88 Å². The predicted molar refractivity (Wildman–Crippen MR) is 82.8 cm³/mol. The van der Waals surface area contributed by atoms with Crippen LogP contribution in [0, 0.1) is 0 Å². The van der Waals surface area contributed by atoms with Crippen LogP contribution in [0.15, 0.2) is 29.9 Å². The third kappa shape index (κ3) is 2.61. The summed E-state index contributed by atoms with van der Waals surface area (Å²) in [4.78, 5) is 11.5. The summed E-state index contributed by atoms with van der Waals surface area (Å²) in [7, 11) is 0. The Kier molecular flexibility index (Phi) is 3.83. The second-order valence-corrected chi connectivity index (χ2v) is 6.43. The molecule has 106 valence electrons. The topological polar surface area (TPSA) is 41.1 Å². The number of thiazole rings is 1. The first-order chi connectivity index (χ1) is 9.68. The van der Waals surface area contributed by atoms with Gasteiger partial charge in [0.25, 0.3) is 0 Å². The van der Waals surface area contributed by atoms with Crippen molar-refractivity contribution in [1.82, 2.24) is 20.2 Å². The molecule has 20 heavy (non-hydrogen) atoms. The molecule has 1 N–H and O–H groups in total. The summed E-state index contributed by atoms with van der Waals surface area (Å²) >= 11 is 1.74. The molecule has 0 bridgehead atoms. The largest absolute Gasteiger partial charge is 0.314 e. The third-order valence-corrected chi connectivity index (χ3v) is 5.05. The maximum absolute atomic E-state index is 4.84. The molecule has 1 fully saturated rings. The van der Waals surface area contributed by atoms with Crippen LogP contribution < -0.4 is 5.32 Å². The summed E-state index contributed by atoms with van der Waals surface area (Å²) in [6, 6.07) is 4.01. The molecule has 0 radical (unpaired) electrons. The number of hydrogen-bond acceptors (Lipinski definition) is 5. The summed E-state index contributed by atoms with van der Waals surface area (Å²) in [5, 5.41) is 6.72. The molecule has 2 aromatic heterocycles. The molecule has 4 nitrogen and oxygen atoms in total. The second-order valence-electron chi connectivity index (χ2n) is 5.58. The lowest BCUT2D eigenvalue weighted by atomic mass is 10.0. The van der Waals surface area contributed by atoms with Gasteiger partial charge >= 0.3 is 0 Å². The number of rotatable bonds is 3. The fourth-order valence-electron chi connectivity index (χ4n) is 2.56. The fourth-order valence-corrected chi connectivity index (χ4v) is 3.54. The van der Waals surface area contributed by atoms with Crippen LogP contribution in [-0.2, 0) is 5.54 Å². The van der Waals surface area contributed by atoms with Crippen LogP contribution in [-0.4, -0.2) is 41.0 Å². The highest BCUT2D eigenvalue weighted by Crippen LogP contribution is 2.32. The smallest absolute Gasteiger partial charge is 0.113 e. The zero-order valence-corrected chi connectivity index (χ0v) is 12.8. The van der Waals surface area contributed by atoms with Gasteiger partial charge in [0.2, 0.25) is 0 Å². The lowest BCUT2D eigenvalue weighted by Crippen LogP contribution is -2.51. The Morgan fingerprint density at radius 2 is 2.10 bits per heavy atom. The van der Waals surface area contributed by atoms with E-state index in [0.717, 1.165) is 37.4 Å². The van der Waals surface area contributed by atoms with Crippen LogP contribution in [0.1, 0.15) is 18.9 Å². The molecule has 1 aliphatic rings. The molecule has 0 spiro atoms. The van der Waals surface area contributed by atoms with Gasteiger partial charge in [-0.05, 0) is 26.0 Å². The Morgan fingerprint density at radius 1 is 1.30 bits per heavy atom. The first-order valence-electron chi connectivity index (χ1n) is 7.00. The number of aromatic nitrogens is 2. The maximum Gasteiger partial charge on any atom is 0.113 e. The quantitative estimate of drug-likeness (QED) is 0.941. The van der Waals surface area contributed by atoms with Crippen molar-refractivity contribution in [3.05, 3.63) is 34.9 Å². The molecule has 5 heteroatoms. The first-order valence-corrected chi connectivity index (χ1v) is 7.88. The van der Waals surface area contributed by atoms with E-state index in [1.807, 2.05) is 12.3 Å². The average molecular weight is 288 g/mol. The minimum absolute atomic E-state index is 0.00672. The second kappa shape index (κ2) is 5.60. The SMILES string of the molecule is CC(C)(c1nc(-c2cccnc2)cs1)N1CCNCC1.